The number of carbonyl (C=O) groups excluding carboxylic acids is 3. The number of hydrogen-bond donors (Lipinski definition) is 3. The fourth-order valence-corrected chi connectivity index (χ4v) is 5.86. The van der Waals surface area contributed by atoms with Crippen molar-refractivity contribution < 1.29 is 37.8 Å². The van der Waals surface area contributed by atoms with E-state index in [2.05, 4.69) is 20.6 Å². The van der Waals surface area contributed by atoms with Crippen LogP contribution in [-0.4, -0.2) is 110 Å². The van der Waals surface area contributed by atoms with Crippen LogP contribution in [0.4, 0.5) is 10.6 Å². The Balaban J connectivity index is 1.57. The standard InChI is InChI=1S/C28H39N6O8P/c1-3-4-14-41-43(38,39)19-23(27(36)42-28(37)33-12-10-29-11-13-33)31-26(35)22-15-24(34-16-20(17-34)18-40-2)32-25(30-22)21-8-6-5-7-9-21/h5-9,15,20,23,29H,3-4,10-14,16-19H2,1-2H3,(H,31,35)(H,38,39). The summed E-state index contributed by atoms with van der Waals surface area (Å²) in [4.78, 5) is 62.2. The van der Waals surface area contributed by atoms with E-state index < -0.39 is 37.8 Å². The molecule has 0 saturated carbocycles. The van der Waals surface area contributed by atoms with Crippen molar-refractivity contribution in [1.82, 2.24) is 25.5 Å². The highest BCUT2D eigenvalue weighted by molar-refractivity contribution is 7.52. The molecule has 43 heavy (non-hydrogen) atoms. The molecule has 2 aromatic rings. The van der Waals surface area contributed by atoms with Crippen LogP contribution in [-0.2, 0) is 23.4 Å². The van der Waals surface area contributed by atoms with Gasteiger partial charge in [0.05, 0.1) is 19.4 Å². The van der Waals surface area contributed by atoms with Crippen LogP contribution in [0.2, 0.25) is 0 Å². The summed E-state index contributed by atoms with van der Waals surface area (Å²) in [5.74, 6) is -0.860. The number of aromatic nitrogens is 2. The van der Waals surface area contributed by atoms with Crippen LogP contribution in [0.15, 0.2) is 36.4 Å². The number of nitrogens with zero attached hydrogens (tertiary/aromatic N) is 4. The Bertz CT molecular complexity index is 1300. The van der Waals surface area contributed by atoms with Gasteiger partial charge in [0.25, 0.3) is 5.91 Å². The van der Waals surface area contributed by atoms with Crippen molar-refractivity contribution in [2.24, 2.45) is 5.92 Å². The van der Waals surface area contributed by atoms with Gasteiger partial charge in [-0.15, -0.1) is 0 Å². The number of carbonyl (C=O) groups is 3. The molecule has 2 atom stereocenters. The zero-order chi connectivity index (χ0) is 30.8. The second-order valence-electron chi connectivity index (χ2n) is 10.5. The number of ether oxygens (including phenoxy) is 2. The van der Waals surface area contributed by atoms with E-state index in [0.29, 0.717) is 75.4 Å². The number of nitrogens with one attached hydrogen (secondary N) is 2. The third kappa shape index (κ3) is 9.28. The van der Waals surface area contributed by atoms with Gasteiger partial charge in [0, 0.05) is 63.9 Å². The van der Waals surface area contributed by atoms with Crippen LogP contribution in [0.25, 0.3) is 11.4 Å². The van der Waals surface area contributed by atoms with Gasteiger partial charge in [-0.1, -0.05) is 43.7 Å². The first-order chi connectivity index (χ1) is 20.7. The number of amides is 2. The van der Waals surface area contributed by atoms with E-state index in [0.717, 1.165) is 6.42 Å². The molecule has 0 spiro atoms. The lowest BCUT2D eigenvalue weighted by molar-refractivity contribution is -0.140. The van der Waals surface area contributed by atoms with Gasteiger partial charge < -0.3 is 39.3 Å². The normalized spacial score (nSPS) is 17.5. The molecule has 3 N–H and O–H groups in total. The monoisotopic (exact) mass is 618 g/mol. The number of unbranched alkanes of at least 4 members (excludes halogenated alkanes) is 1. The van der Waals surface area contributed by atoms with Crippen molar-refractivity contribution in [2.75, 3.05) is 70.7 Å². The minimum Gasteiger partial charge on any atom is -0.384 e. The summed E-state index contributed by atoms with van der Waals surface area (Å²) >= 11 is 0. The molecule has 15 heteroatoms. The number of esters is 1. The lowest BCUT2D eigenvalue weighted by Gasteiger charge is -2.40. The Labute approximate surface area is 250 Å². The predicted octanol–water partition coefficient (Wildman–Crippen LogP) is 1.90. The fraction of sp³-hybridized carbons (Fsp3) is 0.536. The smallest absolute Gasteiger partial charge is 0.384 e. The van der Waals surface area contributed by atoms with Crippen LogP contribution >= 0.6 is 7.60 Å². The minimum absolute atomic E-state index is 0.00466. The largest absolute Gasteiger partial charge is 0.417 e. The number of methoxy groups -OCH3 is 1. The van der Waals surface area contributed by atoms with Crippen LogP contribution in [0.1, 0.15) is 30.3 Å². The number of piperazine rings is 1. The summed E-state index contributed by atoms with van der Waals surface area (Å²) in [7, 11) is -2.71. The van der Waals surface area contributed by atoms with Gasteiger partial charge in [-0.25, -0.2) is 19.6 Å². The lowest BCUT2D eigenvalue weighted by atomic mass is 10.0. The van der Waals surface area contributed by atoms with Gasteiger partial charge in [-0.3, -0.25) is 9.36 Å². The molecule has 0 bridgehead atoms. The highest BCUT2D eigenvalue weighted by Crippen LogP contribution is 2.42. The van der Waals surface area contributed by atoms with E-state index in [4.69, 9.17) is 14.0 Å². The lowest BCUT2D eigenvalue weighted by Crippen LogP contribution is -2.50. The first-order valence-corrected chi connectivity index (χ1v) is 16.1. The molecule has 2 fully saturated rings. The average molecular weight is 619 g/mol. The molecule has 14 nitrogen and oxygen atoms in total. The summed E-state index contributed by atoms with van der Waals surface area (Å²) in [6, 6.07) is 8.94. The molecule has 1 aromatic carbocycles. The number of anilines is 1. The molecular formula is C28H39N6O8P. The minimum atomic E-state index is -4.35. The second-order valence-corrected chi connectivity index (χ2v) is 12.4. The van der Waals surface area contributed by atoms with Crippen molar-refractivity contribution in [1.29, 1.82) is 0 Å². The van der Waals surface area contributed by atoms with E-state index in [1.165, 1.54) is 11.0 Å². The molecule has 4 rings (SSSR count). The maximum atomic E-state index is 13.6. The first-order valence-electron chi connectivity index (χ1n) is 14.4. The van der Waals surface area contributed by atoms with Gasteiger partial charge in [-0.2, -0.15) is 0 Å². The molecular weight excluding hydrogens is 579 g/mol. The van der Waals surface area contributed by atoms with Gasteiger partial charge in [0.2, 0.25) is 0 Å². The molecule has 0 aliphatic carbocycles. The van der Waals surface area contributed by atoms with Crippen molar-refractivity contribution in [3.63, 3.8) is 0 Å². The van der Waals surface area contributed by atoms with E-state index in [1.54, 1.807) is 7.11 Å². The van der Waals surface area contributed by atoms with E-state index in [9.17, 15) is 23.8 Å². The molecule has 1 aromatic heterocycles. The van der Waals surface area contributed by atoms with Gasteiger partial charge in [0.1, 0.15) is 17.6 Å². The van der Waals surface area contributed by atoms with Crippen LogP contribution in [0.5, 0.6) is 0 Å². The fourth-order valence-electron chi connectivity index (χ4n) is 4.64. The topological polar surface area (TPSA) is 173 Å². The molecule has 3 heterocycles. The maximum Gasteiger partial charge on any atom is 0.417 e. The van der Waals surface area contributed by atoms with E-state index in [1.807, 2.05) is 42.2 Å². The quantitative estimate of drug-likeness (QED) is 0.129. The summed E-state index contributed by atoms with van der Waals surface area (Å²) in [6.07, 6.45) is -0.430. The van der Waals surface area contributed by atoms with E-state index >= 15 is 0 Å². The molecule has 2 aliphatic rings. The van der Waals surface area contributed by atoms with Gasteiger partial charge in [0.15, 0.2) is 5.82 Å². The Morgan fingerprint density at radius 3 is 2.56 bits per heavy atom. The summed E-state index contributed by atoms with van der Waals surface area (Å²) in [5.41, 5.74) is 0.610. The average Bonchev–Trinajstić information content (AvgIpc) is 2.99. The third-order valence-electron chi connectivity index (χ3n) is 7.02. The Hall–Kier alpha value is -3.42. The Morgan fingerprint density at radius 2 is 1.88 bits per heavy atom. The second kappa shape index (κ2) is 15.3. The summed E-state index contributed by atoms with van der Waals surface area (Å²) in [5, 5.41) is 5.55. The Morgan fingerprint density at radius 1 is 1.16 bits per heavy atom. The molecule has 2 saturated heterocycles. The van der Waals surface area contributed by atoms with Crippen LogP contribution < -0.4 is 15.5 Å². The number of rotatable bonds is 13. The summed E-state index contributed by atoms with van der Waals surface area (Å²) in [6.45, 7) is 5.55. The molecule has 234 valence electrons. The predicted molar refractivity (Wildman–Crippen MR) is 158 cm³/mol. The van der Waals surface area contributed by atoms with Crippen molar-refractivity contribution in [3.05, 3.63) is 42.1 Å². The zero-order valence-corrected chi connectivity index (χ0v) is 25.3. The van der Waals surface area contributed by atoms with Crippen molar-refractivity contribution >= 4 is 31.4 Å². The molecule has 0 radical (unpaired) electrons. The van der Waals surface area contributed by atoms with E-state index in [-0.39, 0.29) is 12.3 Å². The maximum absolute atomic E-state index is 13.6. The SMILES string of the molecule is CCCCOP(=O)(O)CC(NC(=O)c1cc(N2CC(COC)C2)nc(-c2ccccc2)n1)C(=O)OC(=O)N1CCNCC1. The van der Waals surface area contributed by atoms with Gasteiger partial charge in [-0.05, 0) is 6.42 Å². The molecule has 2 aliphatic heterocycles. The summed E-state index contributed by atoms with van der Waals surface area (Å²) < 4.78 is 28.3. The van der Waals surface area contributed by atoms with Crippen LogP contribution in [0.3, 0.4) is 0 Å². The first kappa shape index (κ1) is 32.5. The highest BCUT2D eigenvalue weighted by atomic mass is 31.2. The highest BCUT2D eigenvalue weighted by Gasteiger charge is 2.36. The molecule has 2 amide bonds. The number of hydrogen-bond acceptors (Lipinski definition) is 11. The van der Waals surface area contributed by atoms with Gasteiger partial charge >= 0.3 is 19.7 Å². The van der Waals surface area contributed by atoms with Crippen molar-refractivity contribution in [2.45, 2.75) is 25.8 Å². The number of benzene rings is 1. The Kier molecular flexibility index (Phi) is 11.6. The van der Waals surface area contributed by atoms with Crippen LogP contribution in [0, 0.1) is 5.92 Å². The van der Waals surface area contributed by atoms with Crippen molar-refractivity contribution in [3.8, 4) is 11.4 Å². The zero-order valence-electron chi connectivity index (χ0n) is 24.4. The third-order valence-corrected chi connectivity index (χ3v) is 8.43. The molecule has 2 unspecified atom stereocenters.